The van der Waals surface area contributed by atoms with Gasteiger partial charge in [-0.3, -0.25) is 4.79 Å². The number of nitrogens with one attached hydrogen (secondary N) is 2. The number of rotatable bonds is 7. The Hall–Kier alpha value is -2.47. The minimum atomic E-state index is -0.0974. The van der Waals surface area contributed by atoms with E-state index in [1.165, 1.54) is 17.5 Å². The number of fused-ring (bicyclic) bond motifs is 1. The number of carbonyl (C=O) groups is 1. The predicted molar refractivity (Wildman–Crippen MR) is 106 cm³/mol. The van der Waals surface area contributed by atoms with E-state index in [4.69, 9.17) is 0 Å². The van der Waals surface area contributed by atoms with Crippen molar-refractivity contribution in [2.45, 2.75) is 32.2 Å². The fourth-order valence-corrected chi connectivity index (χ4v) is 3.93. The van der Waals surface area contributed by atoms with Crippen LogP contribution in [0.2, 0.25) is 0 Å². The Kier molecular flexibility index (Phi) is 4.84. The quantitative estimate of drug-likeness (QED) is 0.666. The van der Waals surface area contributed by atoms with E-state index in [0.29, 0.717) is 5.56 Å². The van der Waals surface area contributed by atoms with Crippen LogP contribution in [0.15, 0.2) is 42.6 Å². The first kappa shape index (κ1) is 17.0. The molecule has 4 rings (SSSR count). The Morgan fingerprint density at radius 2 is 2.12 bits per heavy atom. The van der Waals surface area contributed by atoms with Crippen molar-refractivity contribution in [3.8, 4) is 0 Å². The highest BCUT2D eigenvalue weighted by Gasteiger charge is 2.20. The number of hydrogen-bond acceptors (Lipinski definition) is 5. The lowest BCUT2D eigenvalue weighted by Crippen LogP contribution is -2.34. The van der Waals surface area contributed by atoms with Crippen molar-refractivity contribution in [2.75, 3.05) is 11.9 Å². The van der Waals surface area contributed by atoms with Gasteiger partial charge in [-0.05, 0) is 49.9 Å². The molecule has 1 amide bonds. The highest BCUT2D eigenvalue weighted by molar-refractivity contribution is 7.18. The van der Waals surface area contributed by atoms with Gasteiger partial charge in [0.15, 0.2) is 0 Å². The summed E-state index contributed by atoms with van der Waals surface area (Å²) in [5.41, 5.74) is 1.60. The summed E-state index contributed by atoms with van der Waals surface area (Å²) in [6.45, 7) is 2.97. The molecule has 134 valence electrons. The summed E-state index contributed by atoms with van der Waals surface area (Å²) in [6.07, 6.45) is 4.97. The molecule has 5 nitrogen and oxygen atoms in total. The molecule has 1 fully saturated rings. The maximum absolute atomic E-state index is 12.4. The van der Waals surface area contributed by atoms with E-state index in [9.17, 15) is 4.79 Å². The number of nitrogens with zero attached hydrogens (tertiary/aromatic N) is 2. The number of amides is 1. The molecule has 2 heterocycles. The van der Waals surface area contributed by atoms with E-state index < -0.39 is 0 Å². The molecule has 1 unspecified atom stereocenters. The van der Waals surface area contributed by atoms with E-state index in [-0.39, 0.29) is 11.9 Å². The normalized spacial score (nSPS) is 15.0. The average Bonchev–Trinajstić information content (AvgIpc) is 3.38. The highest BCUT2D eigenvalue weighted by atomic mass is 32.1. The van der Waals surface area contributed by atoms with E-state index >= 15 is 0 Å². The van der Waals surface area contributed by atoms with Crippen LogP contribution < -0.4 is 10.6 Å². The standard InChI is InChI=1S/C20H22N4OS/c1-13(10-19-24-16-4-2-3-5-17(16)26-19)23-20(25)15-8-9-18(22-12-15)21-11-14-6-7-14/h2-5,8-9,12-14H,6-7,10-11H2,1H3,(H,21,22)(H,23,25). The molecule has 6 heteroatoms. The predicted octanol–water partition coefficient (Wildman–Crippen LogP) is 3.87. The Balaban J connectivity index is 1.32. The zero-order chi connectivity index (χ0) is 17.9. The topological polar surface area (TPSA) is 66.9 Å². The third-order valence-electron chi connectivity index (χ3n) is 4.49. The fraction of sp³-hybridized carbons (Fsp3) is 0.350. The number of thiazole rings is 1. The maximum atomic E-state index is 12.4. The molecule has 0 radical (unpaired) electrons. The number of aromatic nitrogens is 2. The van der Waals surface area contributed by atoms with Crippen LogP contribution in [-0.4, -0.2) is 28.5 Å². The molecule has 2 aromatic heterocycles. The van der Waals surface area contributed by atoms with Crippen molar-refractivity contribution in [3.05, 3.63) is 53.2 Å². The van der Waals surface area contributed by atoms with Gasteiger partial charge in [0.1, 0.15) is 5.82 Å². The van der Waals surface area contributed by atoms with Gasteiger partial charge in [0.05, 0.1) is 20.8 Å². The molecule has 1 aliphatic rings. The zero-order valence-electron chi connectivity index (χ0n) is 14.7. The zero-order valence-corrected chi connectivity index (χ0v) is 15.6. The Bertz CT molecular complexity index is 869. The molecular weight excluding hydrogens is 344 g/mol. The smallest absolute Gasteiger partial charge is 0.253 e. The molecule has 0 aliphatic heterocycles. The minimum absolute atomic E-state index is 0.00994. The van der Waals surface area contributed by atoms with Gasteiger partial charge < -0.3 is 10.6 Å². The third-order valence-corrected chi connectivity index (χ3v) is 5.55. The van der Waals surface area contributed by atoms with Crippen molar-refractivity contribution in [1.82, 2.24) is 15.3 Å². The van der Waals surface area contributed by atoms with Crippen LogP contribution in [0.1, 0.15) is 35.1 Å². The summed E-state index contributed by atoms with van der Waals surface area (Å²) in [7, 11) is 0. The van der Waals surface area contributed by atoms with Gasteiger partial charge >= 0.3 is 0 Å². The van der Waals surface area contributed by atoms with Gasteiger partial charge in [-0.1, -0.05) is 12.1 Å². The van der Waals surface area contributed by atoms with Crippen LogP contribution in [0.4, 0.5) is 5.82 Å². The van der Waals surface area contributed by atoms with Crippen molar-refractivity contribution < 1.29 is 4.79 Å². The molecule has 0 bridgehead atoms. The molecule has 26 heavy (non-hydrogen) atoms. The fourth-order valence-electron chi connectivity index (χ4n) is 2.83. The number of benzene rings is 1. The van der Waals surface area contributed by atoms with Crippen LogP contribution in [0.5, 0.6) is 0 Å². The number of pyridine rings is 1. The first-order valence-corrected chi connectivity index (χ1v) is 9.84. The molecule has 1 atom stereocenters. The summed E-state index contributed by atoms with van der Waals surface area (Å²) in [4.78, 5) is 21.4. The lowest BCUT2D eigenvalue weighted by Gasteiger charge is -2.12. The van der Waals surface area contributed by atoms with E-state index in [1.54, 1.807) is 17.5 Å². The van der Waals surface area contributed by atoms with Crippen molar-refractivity contribution >= 4 is 33.3 Å². The van der Waals surface area contributed by atoms with Crippen LogP contribution in [0.25, 0.3) is 10.2 Å². The largest absolute Gasteiger partial charge is 0.370 e. The Labute approximate surface area is 156 Å². The summed E-state index contributed by atoms with van der Waals surface area (Å²) in [5, 5.41) is 7.38. The molecule has 1 aliphatic carbocycles. The van der Waals surface area contributed by atoms with Gasteiger partial charge in [-0.25, -0.2) is 9.97 Å². The summed E-state index contributed by atoms with van der Waals surface area (Å²) < 4.78 is 1.18. The van der Waals surface area contributed by atoms with Gasteiger partial charge in [-0.2, -0.15) is 0 Å². The third kappa shape index (κ3) is 4.19. The lowest BCUT2D eigenvalue weighted by molar-refractivity contribution is 0.0940. The molecular formula is C20H22N4OS. The van der Waals surface area contributed by atoms with Crippen LogP contribution in [0.3, 0.4) is 0 Å². The van der Waals surface area contributed by atoms with Crippen molar-refractivity contribution in [3.63, 3.8) is 0 Å². The number of para-hydroxylation sites is 1. The molecule has 3 aromatic rings. The lowest BCUT2D eigenvalue weighted by atomic mass is 10.2. The second-order valence-electron chi connectivity index (χ2n) is 6.91. The summed E-state index contributed by atoms with van der Waals surface area (Å²) in [6, 6.07) is 11.8. The van der Waals surface area contributed by atoms with Gasteiger partial charge in [0.25, 0.3) is 5.91 Å². The maximum Gasteiger partial charge on any atom is 0.253 e. The minimum Gasteiger partial charge on any atom is -0.370 e. The van der Waals surface area contributed by atoms with E-state index in [2.05, 4.69) is 26.7 Å². The SMILES string of the molecule is CC(Cc1nc2ccccc2s1)NC(=O)c1ccc(NCC2CC2)nc1. The summed E-state index contributed by atoms with van der Waals surface area (Å²) in [5.74, 6) is 1.53. The highest BCUT2D eigenvalue weighted by Crippen LogP contribution is 2.28. The Morgan fingerprint density at radius 1 is 1.27 bits per heavy atom. The Morgan fingerprint density at radius 3 is 2.85 bits per heavy atom. The second kappa shape index (κ2) is 7.41. The van der Waals surface area contributed by atoms with Crippen molar-refractivity contribution in [2.24, 2.45) is 5.92 Å². The molecule has 2 N–H and O–H groups in total. The first-order valence-electron chi connectivity index (χ1n) is 9.02. The van der Waals surface area contributed by atoms with Crippen LogP contribution in [0, 0.1) is 5.92 Å². The van der Waals surface area contributed by atoms with Gasteiger partial charge in [0.2, 0.25) is 0 Å². The molecule has 0 saturated heterocycles. The molecule has 0 spiro atoms. The monoisotopic (exact) mass is 366 g/mol. The first-order chi connectivity index (χ1) is 12.7. The van der Waals surface area contributed by atoms with Crippen LogP contribution in [-0.2, 0) is 6.42 Å². The average molecular weight is 366 g/mol. The van der Waals surface area contributed by atoms with E-state index in [0.717, 1.165) is 35.2 Å². The van der Waals surface area contributed by atoms with Crippen LogP contribution >= 0.6 is 11.3 Å². The van der Waals surface area contributed by atoms with Gasteiger partial charge in [-0.15, -0.1) is 11.3 Å². The number of carbonyl (C=O) groups excluding carboxylic acids is 1. The van der Waals surface area contributed by atoms with E-state index in [1.807, 2.05) is 37.3 Å². The van der Waals surface area contributed by atoms with Crippen molar-refractivity contribution in [1.29, 1.82) is 0 Å². The number of hydrogen-bond donors (Lipinski definition) is 2. The second-order valence-corrected chi connectivity index (χ2v) is 8.03. The molecule has 1 aromatic carbocycles. The molecule has 1 saturated carbocycles. The number of anilines is 1. The summed E-state index contributed by atoms with van der Waals surface area (Å²) >= 11 is 1.68. The van der Waals surface area contributed by atoms with Gasteiger partial charge in [0, 0.05) is 25.2 Å².